The Morgan fingerprint density at radius 2 is 1.37 bits per heavy atom. The Labute approximate surface area is 257 Å². The zero-order valence-corrected chi connectivity index (χ0v) is 26.6. The fourth-order valence-electron chi connectivity index (χ4n) is 5.22. The predicted molar refractivity (Wildman–Crippen MR) is 163 cm³/mol. The van der Waals surface area contributed by atoms with Gasteiger partial charge in [-0.05, 0) is 25.5 Å². The van der Waals surface area contributed by atoms with Gasteiger partial charge in [-0.25, -0.2) is 13.1 Å². The molecule has 1 aliphatic rings. The van der Waals surface area contributed by atoms with E-state index in [1.807, 2.05) is 6.92 Å². The number of aryl methyl sites for hydroxylation is 1. The number of hydrogen-bond donors (Lipinski definition) is 7. The van der Waals surface area contributed by atoms with Gasteiger partial charge in [-0.1, -0.05) is 102 Å². The van der Waals surface area contributed by atoms with E-state index in [1.165, 1.54) is 63.5 Å². The van der Waals surface area contributed by atoms with Gasteiger partial charge in [-0.2, -0.15) is 0 Å². The van der Waals surface area contributed by atoms with Crippen LogP contribution in [-0.2, 0) is 19.5 Å². The first kappa shape index (κ1) is 38.0. The lowest BCUT2D eigenvalue weighted by molar-refractivity contribution is -0.303. The van der Waals surface area contributed by atoms with Crippen LogP contribution in [0.15, 0.2) is 29.2 Å². The van der Waals surface area contributed by atoms with Gasteiger partial charge in [0.25, 0.3) is 0 Å². The normalized spacial score (nSPS) is 25.0. The SMILES string of the molecule is CCCCCCCCCCCCCC[C@@H](O)[C@@H](O)C(CO[C@H]1O[C@H](CO)[C@H](O)[C@H](O)[C@H]1O)NS(=O)(=O)c1ccc(C)cc1. The van der Waals surface area contributed by atoms with Gasteiger partial charge in [0.2, 0.25) is 10.0 Å². The summed E-state index contributed by atoms with van der Waals surface area (Å²) in [6, 6.07) is 4.76. The second-order valence-corrected chi connectivity index (χ2v) is 13.5. The fraction of sp³-hybridized carbons (Fsp3) is 0.806. The highest BCUT2D eigenvalue weighted by Crippen LogP contribution is 2.23. The first-order valence-electron chi connectivity index (χ1n) is 15.9. The van der Waals surface area contributed by atoms with E-state index in [-0.39, 0.29) is 11.3 Å². The van der Waals surface area contributed by atoms with Crippen LogP contribution in [0.25, 0.3) is 0 Å². The van der Waals surface area contributed by atoms with Crippen molar-refractivity contribution in [2.75, 3.05) is 13.2 Å². The quantitative estimate of drug-likeness (QED) is 0.0934. The molecule has 0 bridgehead atoms. The summed E-state index contributed by atoms with van der Waals surface area (Å²) in [5.41, 5.74) is 0.860. The van der Waals surface area contributed by atoms with E-state index >= 15 is 0 Å². The van der Waals surface area contributed by atoms with E-state index in [2.05, 4.69) is 11.6 Å². The highest BCUT2D eigenvalue weighted by atomic mass is 32.2. The molecule has 11 nitrogen and oxygen atoms in total. The Balaban J connectivity index is 1.92. The number of sulfonamides is 1. The molecule has 1 fully saturated rings. The van der Waals surface area contributed by atoms with Crippen LogP contribution in [0.1, 0.15) is 96.0 Å². The van der Waals surface area contributed by atoms with Crippen LogP contribution in [0.4, 0.5) is 0 Å². The summed E-state index contributed by atoms with van der Waals surface area (Å²) in [5.74, 6) is 0. The molecule has 0 spiro atoms. The minimum Gasteiger partial charge on any atom is -0.394 e. The maximum absolute atomic E-state index is 13.1. The van der Waals surface area contributed by atoms with E-state index in [4.69, 9.17) is 9.47 Å². The molecule has 7 N–H and O–H groups in total. The monoisotopic (exact) mass is 633 g/mol. The molecular weight excluding hydrogens is 578 g/mol. The zero-order chi connectivity index (χ0) is 31.8. The largest absolute Gasteiger partial charge is 0.394 e. The summed E-state index contributed by atoms with van der Waals surface area (Å²) < 4.78 is 39.5. The van der Waals surface area contributed by atoms with Gasteiger partial charge in [0.1, 0.15) is 24.4 Å². The maximum atomic E-state index is 13.1. The fourth-order valence-corrected chi connectivity index (χ4v) is 6.46. The molecule has 1 unspecified atom stereocenters. The van der Waals surface area contributed by atoms with Crippen LogP contribution in [0.5, 0.6) is 0 Å². The van der Waals surface area contributed by atoms with Gasteiger partial charge >= 0.3 is 0 Å². The lowest BCUT2D eigenvalue weighted by Crippen LogP contribution is -2.60. The molecule has 250 valence electrons. The topological polar surface area (TPSA) is 186 Å². The molecular formula is C31H55NO10S. The van der Waals surface area contributed by atoms with Crippen molar-refractivity contribution in [3.8, 4) is 0 Å². The van der Waals surface area contributed by atoms with Crippen LogP contribution >= 0.6 is 0 Å². The van der Waals surface area contributed by atoms with Gasteiger partial charge in [-0.3, -0.25) is 0 Å². The first-order valence-corrected chi connectivity index (χ1v) is 17.4. The zero-order valence-electron chi connectivity index (χ0n) is 25.8. The van der Waals surface area contributed by atoms with Crippen molar-refractivity contribution < 1.29 is 48.5 Å². The number of aliphatic hydroxyl groups is 6. The Hall–Kier alpha value is -1.19. The molecule has 1 heterocycles. The van der Waals surface area contributed by atoms with Crippen LogP contribution in [0, 0.1) is 6.92 Å². The Morgan fingerprint density at radius 1 is 0.837 bits per heavy atom. The van der Waals surface area contributed by atoms with Gasteiger partial charge in [0.05, 0.1) is 36.4 Å². The lowest BCUT2D eigenvalue weighted by atomic mass is 9.99. The predicted octanol–water partition coefficient (Wildman–Crippen LogP) is 2.27. The highest BCUT2D eigenvalue weighted by Gasteiger charge is 2.44. The third-order valence-corrected chi connectivity index (χ3v) is 9.59. The van der Waals surface area contributed by atoms with Crippen LogP contribution in [0.3, 0.4) is 0 Å². The van der Waals surface area contributed by atoms with Crippen molar-refractivity contribution in [3.63, 3.8) is 0 Å². The summed E-state index contributed by atoms with van der Waals surface area (Å²) in [4.78, 5) is -0.0430. The molecule has 1 aromatic rings. The molecule has 0 aliphatic carbocycles. The number of hydrogen-bond acceptors (Lipinski definition) is 10. The lowest BCUT2D eigenvalue weighted by Gasteiger charge is -2.40. The highest BCUT2D eigenvalue weighted by molar-refractivity contribution is 7.89. The molecule has 1 aromatic carbocycles. The smallest absolute Gasteiger partial charge is 0.240 e. The average Bonchev–Trinajstić information content (AvgIpc) is 2.99. The van der Waals surface area contributed by atoms with E-state index in [0.717, 1.165) is 24.8 Å². The number of nitrogens with one attached hydrogen (secondary N) is 1. The van der Waals surface area contributed by atoms with Crippen molar-refractivity contribution in [2.45, 2.75) is 151 Å². The number of unbranched alkanes of at least 4 members (excludes halogenated alkanes) is 11. The van der Waals surface area contributed by atoms with Crippen LogP contribution in [0.2, 0.25) is 0 Å². The first-order chi connectivity index (χ1) is 20.5. The number of rotatable bonds is 22. The van der Waals surface area contributed by atoms with Crippen LogP contribution in [-0.4, -0.2) is 101 Å². The number of aliphatic hydroxyl groups excluding tert-OH is 6. The molecule has 8 atom stereocenters. The Kier molecular flexibility index (Phi) is 17.7. The molecule has 1 saturated heterocycles. The van der Waals surface area contributed by atoms with Gasteiger partial charge in [0.15, 0.2) is 6.29 Å². The van der Waals surface area contributed by atoms with E-state index in [9.17, 15) is 39.1 Å². The van der Waals surface area contributed by atoms with E-state index in [0.29, 0.717) is 6.42 Å². The second kappa shape index (κ2) is 20.0. The number of ether oxygens (including phenoxy) is 2. The molecule has 43 heavy (non-hydrogen) atoms. The molecule has 0 saturated carbocycles. The van der Waals surface area contributed by atoms with Crippen molar-refractivity contribution in [2.24, 2.45) is 0 Å². The van der Waals surface area contributed by atoms with E-state index < -0.39 is 72.2 Å². The van der Waals surface area contributed by atoms with Gasteiger partial charge in [0, 0.05) is 0 Å². The standard InChI is InChI=1S/C31H55NO10S/c1-3-4-5-6-7-8-9-10-11-12-13-14-15-25(34)27(35)24(32-43(39,40)23-18-16-22(2)17-19-23)21-41-31-30(38)29(37)28(36)26(20-33)42-31/h16-19,24-38H,3-15,20-21H2,1-2H3/t24?,25-,26-,27+,28+,29+,30-,31+/m1/s1. The van der Waals surface area contributed by atoms with Crippen molar-refractivity contribution in [1.29, 1.82) is 0 Å². The van der Waals surface area contributed by atoms with Gasteiger partial charge < -0.3 is 40.1 Å². The second-order valence-electron chi connectivity index (χ2n) is 11.8. The third-order valence-electron chi connectivity index (χ3n) is 8.09. The van der Waals surface area contributed by atoms with E-state index in [1.54, 1.807) is 12.1 Å². The summed E-state index contributed by atoms with van der Waals surface area (Å²) in [6.07, 6.45) is 3.54. The summed E-state index contributed by atoms with van der Waals surface area (Å²) in [7, 11) is -4.14. The molecule has 2 rings (SSSR count). The Morgan fingerprint density at radius 3 is 1.91 bits per heavy atom. The minimum absolute atomic E-state index is 0.0430. The number of benzene rings is 1. The minimum atomic E-state index is -4.14. The molecule has 1 aliphatic heterocycles. The average molecular weight is 634 g/mol. The molecule has 12 heteroatoms. The summed E-state index contributed by atoms with van der Waals surface area (Å²) in [5, 5.41) is 61.6. The summed E-state index contributed by atoms with van der Waals surface area (Å²) in [6.45, 7) is 2.84. The van der Waals surface area contributed by atoms with Crippen LogP contribution < -0.4 is 4.72 Å². The van der Waals surface area contributed by atoms with Gasteiger partial charge in [-0.15, -0.1) is 0 Å². The summed E-state index contributed by atoms with van der Waals surface area (Å²) >= 11 is 0. The molecule has 0 radical (unpaired) electrons. The van der Waals surface area contributed by atoms with Crippen molar-refractivity contribution >= 4 is 10.0 Å². The molecule has 0 amide bonds. The third kappa shape index (κ3) is 13.0. The molecule has 0 aromatic heterocycles. The van der Waals surface area contributed by atoms with Crippen molar-refractivity contribution in [1.82, 2.24) is 4.72 Å². The van der Waals surface area contributed by atoms with Crippen molar-refractivity contribution in [3.05, 3.63) is 29.8 Å². The maximum Gasteiger partial charge on any atom is 0.240 e. The Bertz CT molecular complexity index is 977.